The third kappa shape index (κ3) is 4.12. The van der Waals surface area contributed by atoms with Crippen LogP contribution >= 0.6 is 15.9 Å². The summed E-state index contributed by atoms with van der Waals surface area (Å²) in [5.41, 5.74) is 2.60. The van der Waals surface area contributed by atoms with E-state index in [9.17, 15) is 4.79 Å². The number of ether oxygens (including phenoxy) is 1. The van der Waals surface area contributed by atoms with Crippen molar-refractivity contribution < 1.29 is 9.53 Å². The number of fused-ring (bicyclic) bond motifs is 2. The summed E-state index contributed by atoms with van der Waals surface area (Å²) < 4.78 is 7.53. The lowest BCUT2D eigenvalue weighted by molar-refractivity contribution is -0.125. The Bertz CT molecular complexity index is 1270. The van der Waals surface area contributed by atoms with E-state index in [1.54, 1.807) is 13.3 Å². The molecule has 2 atom stereocenters. The number of carbonyl (C=O) groups excluding carboxylic acids is 1. The number of hydrogen-bond donors (Lipinski definition) is 2. The summed E-state index contributed by atoms with van der Waals surface area (Å²) in [5.74, 6) is 1.35. The molecule has 166 valence electrons. The van der Waals surface area contributed by atoms with Crippen LogP contribution in [0, 0.1) is 11.8 Å². The zero-order chi connectivity index (χ0) is 22.1. The summed E-state index contributed by atoms with van der Waals surface area (Å²) in [4.78, 5) is 21.8. The summed E-state index contributed by atoms with van der Waals surface area (Å²) in [6, 6.07) is 6.02. The van der Waals surface area contributed by atoms with Crippen molar-refractivity contribution in [3.63, 3.8) is 0 Å². The van der Waals surface area contributed by atoms with Gasteiger partial charge in [-0.2, -0.15) is 10.2 Å². The van der Waals surface area contributed by atoms with Crippen LogP contribution in [0.3, 0.4) is 0 Å². The van der Waals surface area contributed by atoms with Crippen molar-refractivity contribution in [3.8, 4) is 5.69 Å². The van der Waals surface area contributed by atoms with Gasteiger partial charge in [-0.1, -0.05) is 0 Å². The fraction of sp³-hybridized carbons (Fsp3) is 0.409. The Hall–Kier alpha value is -2.85. The second kappa shape index (κ2) is 8.95. The molecular formula is C22H24BrN7O2. The van der Waals surface area contributed by atoms with Crippen LogP contribution < -0.4 is 5.32 Å². The minimum atomic E-state index is 0.0568. The Balaban J connectivity index is 1.35. The molecule has 2 N–H and O–H groups in total. The first kappa shape index (κ1) is 21.0. The van der Waals surface area contributed by atoms with E-state index < -0.39 is 0 Å². The molecule has 1 aliphatic carbocycles. The monoisotopic (exact) mass is 497 g/mol. The predicted octanol–water partition coefficient (Wildman–Crippen LogP) is 3.18. The van der Waals surface area contributed by atoms with Gasteiger partial charge in [0.15, 0.2) is 5.65 Å². The van der Waals surface area contributed by atoms with Gasteiger partial charge in [-0.25, -0.2) is 14.6 Å². The topological polar surface area (TPSA) is 111 Å². The van der Waals surface area contributed by atoms with Crippen molar-refractivity contribution in [3.05, 3.63) is 41.0 Å². The van der Waals surface area contributed by atoms with Gasteiger partial charge in [0, 0.05) is 37.6 Å². The predicted molar refractivity (Wildman–Crippen MR) is 123 cm³/mol. The third-order valence-corrected chi connectivity index (χ3v) is 6.67. The molecule has 1 aliphatic rings. The lowest BCUT2D eigenvalue weighted by Gasteiger charge is -2.11. The first-order valence-electron chi connectivity index (χ1n) is 10.7. The lowest BCUT2D eigenvalue weighted by atomic mass is 10.0. The van der Waals surface area contributed by atoms with Crippen molar-refractivity contribution in [2.75, 3.05) is 20.3 Å². The molecule has 1 amide bonds. The van der Waals surface area contributed by atoms with Crippen LogP contribution in [0.1, 0.15) is 25.1 Å². The molecule has 32 heavy (non-hydrogen) atoms. The van der Waals surface area contributed by atoms with Crippen LogP contribution in [-0.4, -0.2) is 56.1 Å². The number of hydrogen-bond acceptors (Lipinski definition) is 6. The average Bonchev–Trinajstić information content (AvgIpc) is 3.52. The van der Waals surface area contributed by atoms with Gasteiger partial charge in [0.25, 0.3) is 0 Å². The summed E-state index contributed by atoms with van der Waals surface area (Å²) in [7, 11) is 1.63. The molecule has 0 saturated heterocycles. The molecule has 0 bridgehead atoms. The number of rotatable bonds is 7. The minimum absolute atomic E-state index is 0.0568. The number of amides is 1. The highest BCUT2D eigenvalue weighted by atomic mass is 79.9. The maximum atomic E-state index is 12.3. The molecule has 1 saturated carbocycles. The molecule has 9 nitrogen and oxygen atoms in total. The Morgan fingerprint density at radius 1 is 1.34 bits per heavy atom. The quantitative estimate of drug-likeness (QED) is 0.379. The second-order valence-electron chi connectivity index (χ2n) is 8.23. The van der Waals surface area contributed by atoms with E-state index in [0.717, 1.165) is 59.1 Å². The highest BCUT2D eigenvalue weighted by molar-refractivity contribution is 9.10. The summed E-state index contributed by atoms with van der Waals surface area (Å²) in [5, 5.41) is 16.6. The number of nitrogens with zero attached hydrogens (tertiary/aromatic N) is 5. The van der Waals surface area contributed by atoms with Gasteiger partial charge in [-0.15, -0.1) is 0 Å². The first-order chi connectivity index (χ1) is 15.6. The van der Waals surface area contributed by atoms with E-state index in [2.05, 4.69) is 41.5 Å². The molecule has 1 fully saturated rings. The Kier molecular flexibility index (Phi) is 5.88. The summed E-state index contributed by atoms with van der Waals surface area (Å²) >= 11 is 3.53. The number of benzene rings is 1. The van der Waals surface area contributed by atoms with Crippen LogP contribution in [0.2, 0.25) is 0 Å². The van der Waals surface area contributed by atoms with Crippen LogP contribution in [-0.2, 0) is 16.0 Å². The highest BCUT2D eigenvalue weighted by Gasteiger charge is 2.30. The van der Waals surface area contributed by atoms with Crippen LogP contribution in [0.25, 0.3) is 27.6 Å². The standard InChI is InChI=1S/C22H24BrN7O2/c1-32-7-6-24-22(31)14-3-2-13(8-14)9-19-25-12-17-20(23)29-30(21(17)27-19)16-5-4-15-11-26-28-18(15)10-16/h4-5,10-14H,2-3,6-9H2,1H3,(H,24,31)(H,26,28)/t13-,14-/m1/s1. The minimum Gasteiger partial charge on any atom is -0.383 e. The fourth-order valence-corrected chi connectivity index (χ4v) is 4.85. The number of H-pyrrole nitrogens is 1. The fourth-order valence-electron chi connectivity index (χ4n) is 4.42. The molecule has 4 aromatic rings. The Morgan fingerprint density at radius 3 is 3.12 bits per heavy atom. The maximum absolute atomic E-state index is 12.3. The zero-order valence-corrected chi connectivity index (χ0v) is 19.3. The third-order valence-electron chi connectivity index (χ3n) is 6.09. The highest BCUT2D eigenvalue weighted by Crippen LogP contribution is 2.33. The summed E-state index contributed by atoms with van der Waals surface area (Å²) in [6.07, 6.45) is 7.13. The van der Waals surface area contributed by atoms with Gasteiger partial charge in [-0.05, 0) is 59.3 Å². The number of aromatic nitrogens is 6. The van der Waals surface area contributed by atoms with Crippen molar-refractivity contribution in [1.82, 2.24) is 35.3 Å². The second-order valence-corrected chi connectivity index (χ2v) is 8.98. The number of halogens is 1. The largest absolute Gasteiger partial charge is 0.383 e. The Labute approximate surface area is 193 Å². The van der Waals surface area contributed by atoms with Crippen molar-refractivity contribution >= 4 is 43.8 Å². The molecule has 3 heterocycles. The maximum Gasteiger partial charge on any atom is 0.223 e. The van der Waals surface area contributed by atoms with Crippen LogP contribution in [0.4, 0.5) is 0 Å². The molecule has 0 spiro atoms. The molecule has 0 unspecified atom stereocenters. The van der Waals surface area contributed by atoms with Gasteiger partial charge < -0.3 is 10.1 Å². The van der Waals surface area contributed by atoms with Gasteiger partial charge in [-0.3, -0.25) is 9.89 Å². The lowest BCUT2D eigenvalue weighted by Crippen LogP contribution is -2.32. The number of nitrogens with one attached hydrogen (secondary N) is 2. The Morgan fingerprint density at radius 2 is 2.25 bits per heavy atom. The SMILES string of the molecule is COCCNC(=O)[C@@H]1CC[C@@H](Cc2ncc3c(Br)nn(-c4ccc5cn[nH]c5c4)c3n2)C1. The van der Waals surface area contributed by atoms with Gasteiger partial charge >= 0.3 is 0 Å². The van der Waals surface area contributed by atoms with E-state index >= 15 is 0 Å². The van der Waals surface area contributed by atoms with E-state index in [-0.39, 0.29) is 11.8 Å². The van der Waals surface area contributed by atoms with Crippen LogP contribution in [0.15, 0.2) is 35.2 Å². The average molecular weight is 498 g/mol. The molecule has 3 aromatic heterocycles. The zero-order valence-electron chi connectivity index (χ0n) is 17.7. The van der Waals surface area contributed by atoms with Crippen molar-refractivity contribution in [2.45, 2.75) is 25.7 Å². The molecular weight excluding hydrogens is 474 g/mol. The van der Waals surface area contributed by atoms with Crippen molar-refractivity contribution in [2.24, 2.45) is 11.8 Å². The van der Waals surface area contributed by atoms with Gasteiger partial charge in [0.1, 0.15) is 10.4 Å². The smallest absolute Gasteiger partial charge is 0.223 e. The molecule has 10 heteroatoms. The number of methoxy groups -OCH3 is 1. The van der Waals surface area contributed by atoms with E-state index in [0.29, 0.717) is 23.7 Å². The molecule has 0 radical (unpaired) electrons. The van der Waals surface area contributed by atoms with E-state index in [1.807, 2.05) is 29.1 Å². The van der Waals surface area contributed by atoms with Gasteiger partial charge in [0.05, 0.1) is 29.4 Å². The van der Waals surface area contributed by atoms with E-state index in [1.165, 1.54) is 0 Å². The summed E-state index contributed by atoms with van der Waals surface area (Å²) in [6.45, 7) is 1.09. The molecule has 5 rings (SSSR count). The van der Waals surface area contributed by atoms with Gasteiger partial charge in [0.2, 0.25) is 5.91 Å². The first-order valence-corrected chi connectivity index (χ1v) is 11.5. The number of aromatic amines is 1. The van der Waals surface area contributed by atoms with Crippen molar-refractivity contribution in [1.29, 1.82) is 0 Å². The number of carbonyl (C=O) groups is 1. The normalized spacial score (nSPS) is 18.6. The van der Waals surface area contributed by atoms with Crippen LogP contribution in [0.5, 0.6) is 0 Å². The molecule has 1 aromatic carbocycles. The van der Waals surface area contributed by atoms with E-state index in [4.69, 9.17) is 9.72 Å². The molecule has 0 aliphatic heterocycles.